The zero-order valence-electron chi connectivity index (χ0n) is 12.6. The van der Waals surface area contributed by atoms with Crippen LogP contribution in [0.15, 0.2) is 60.7 Å². The highest BCUT2D eigenvalue weighted by Crippen LogP contribution is 2.43. The van der Waals surface area contributed by atoms with E-state index in [2.05, 4.69) is 9.84 Å². The zero-order valence-corrected chi connectivity index (χ0v) is 13.5. The number of phosphoric acid groups is 1. The molecule has 126 valence electrons. The maximum atomic E-state index is 11.7. The van der Waals surface area contributed by atoms with Gasteiger partial charge in [0.25, 0.3) is 0 Å². The van der Waals surface area contributed by atoms with Crippen molar-refractivity contribution < 1.29 is 28.1 Å². The number of nitrogens with one attached hydrogen (secondary N) is 1. The van der Waals surface area contributed by atoms with Gasteiger partial charge in [-0.25, -0.2) is 9.36 Å². The third-order valence-electron chi connectivity index (χ3n) is 2.82. The Morgan fingerprint density at radius 1 is 1.00 bits per heavy atom. The highest BCUT2D eigenvalue weighted by molar-refractivity contribution is 7.48. The van der Waals surface area contributed by atoms with Crippen molar-refractivity contribution in [3.8, 4) is 5.75 Å². The molecule has 0 heterocycles. The molecule has 0 bridgehead atoms. The Labute approximate surface area is 138 Å². The minimum absolute atomic E-state index is 0.0873. The molecule has 1 amide bonds. The van der Waals surface area contributed by atoms with Crippen molar-refractivity contribution >= 4 is 19.7 Å². The summed E-state index contributed by atoms with van der Waals surface area (Å²) in [6.07, 6.45) is 0.0887. The Kier molecular flexibility index (Phi) is 6.12. The Bertz CT molecular complexity index is 735. The topological polar surface area (TPSA) is 102 Å². The number of hydrogen-bond acceptors (Lipinski definition) is 5. The van der Waals surface area contributed by atoms with Crippen molar-refractivity contribution in [2.75, 3.05) is 6.54 Å². The third-order valence-corrected chi connectivity index (χ3v) is 3.69. The van der Waals surface area contributed by atoms with Crippen LogP contribution in [0.4, 0.5) is 0 Å². The van der Waals surface area contributed by atoms with Crippen LogP contribution in [0.5, 0.6) is 5.75 Å². The number of carbonyl (C=O) groups is 2. The van der Waals surface area contributed by atoms with Gasteiger partial charge in [0.1, 0.15) is 12.3 Å². The molecule has 1 unspecified atom stereocenters. The summed E-state index contributed by atoms with van der Waals surface area (Å²) in [6.45, 7) is -0.533. The Morgan fingerprint density at radius 2 is 1.58 bits per heavy atom. The first kappa shape index (κ1) is 17.7. The summed E-state index contributed by atoms with van der Waals surface area (Å²) >= 11 is 0. The molecule has 8 heteroatoms. The molecular weight excluding hydrogens is 333 g/mol. The van der Waals surface area contributed by atoms with E-state index in [1.807, 2.05) is 6.07 Å². The van der Waals surface area contributed by atoms with Gasteiger partial charge in [-0.05, 0) is 17.7 Å². The van der Waals surface area contributed by atoms with E-state index in [4.69, 9.17) is 4.52 Å². The molecule has 0 aliphatic rings. The summed E-state index contributed by atoms with van der Waals surface area (Å²) in [4.78, 5) is 32.8. The van der Waals surface area contributed by atoms with Crippen LogP contribution in [-0.2, 0) is 25.1 Å². The fraction of sp³-hybridized carbons (Fsp3) is 0.125. The normalized spacial score (nSPS) is 12.7. The average molecular weight is 349 g/mol. The lowest BCUT2D eigenvalue weighted by atomic mass is 10.1. The van der Waals surface area contributed by atoms with E-state index in [9.17, 15) is 19.0 Å². The lowest BCUT2D eigenvalue weighted by Gasteiger charge is -2.12. The Hall–Kier alpha value is -2.63. The molecule has 2 aromatic carbocycles. The van der Waals surface area contributed by atoms with Crippen molar-refractivity contribution in [2.45, 2.75) is 6.42 Å². The first-order valence-corrected chi connectivity index (χ1v) is 8.55. The van der Waals surface area contributed by atoms with Gasteiger partial charge in [-0.3, -0.25) is 9.69 Å². The second-order valence-corrected chi connectivity index (χ2v) is 6.08. The third kappa shape index (κ3) is 6.24. The number of amides is 1. The summed E-state index contributed by atoms with van der Waals surface area (Å²) in [5.74, 6) is -1.39. The zero-order chi connectivity index (χ0) is 17.4. The molecule has 0 aromatic heterocycles. The van der Waals surface area contributed by atoms with E-state index in [-0.39, 0.29) is 12.2 Å². The molecule has 0 saturated heterocycles. The molecule has 2 N–H and O–H groups in total. The van der Waals surface area contributed by atoms with Gasteiger partial charge in [0, 0.05) is 0 Å². The van der Waals surface area contributed by atoms with E-state index in [1.54, 1.807) is 42.5 Å². The van der Waals surface area contributed by atoms with Gasteiger partial charge >= 0.3 is 13.8 Å². The Balaban J connectivity index is 1.78. The molecule has 0 aliphatic carbocycles. The van der Waals surface area contributed by atoms with E-state index in [1.165, 1.54) is 12.1 Å². The van der Waals surface area contributed by atoms with E-state index >= 15 is 0 Å². The number of benzene rings is 2. The minimum atomic E-state index is -4.60. The van der Waals surface area contributed by atoms with Crippen LogP contribution < -0.4 is 9.84 Å². The van der Waals surface area contributed by atoms with Crippen molar-refractivity contribution in [3.63, 3.8) is 0 Å². The van der Waals surface area contributed by atoms with Crippen LogP contribution in [0.25, 0.3) is 0 Å². The highest BCUT2D eigenvalue weighted by Gasteiger charge is 2.28. The van der Waals surface area contributed by atoms with Gasteiger partial charge in [0.2, 0.25) is 5.91 Å². The second kappa shape index (κ2) is 8.29. The maximum absolute atomic E-state index is 11.7. The number of hydrogen-bond donors (Lipinski definition) is 2. The summed E-state index contributed by atoms with van der Waals surface area (Å²) in [5, 5.41) is 2.32. The fourth-order valence-electron chi connectivity index (χ4n) is 1.81. The molecular formula is C16H16NO6P. The molecule has 0 radical (unpaired) electrons. The molecule has 1 atom stereocenters. The van der Waals surface area contributed by atoms with Crippen molar-refractivity contribution in [1.82, 2.24) is 5.32 Å². The number of carbonyl (C=O) groups excluding carboxylic acids is 2. The quantitative estimate of drug-likeness (QED) is 0.742. The molecule has 2 aromatic rings. The largest absolute Gasteiger partial charge is 0.587 e. The molecule has 2 rings (SSSR count). The summed E-state index contributed by atoms with van der Waals surface area (Å²) in [7, 11) is -4.60. The van der Waals surface area contributed by atoms with Gasteiger partial charge < -0.3 is 14.4 Å². The van der Waals surface area contributed by atoms with Crippen LogP contribution in [0.3, 0.4) is 0 Å². The van der Waals surface area contributed by atoms with Gasteiger partial charge in [0.15, 0.2) is 0 Å². The standard InChI is InChI=1S/C16H16NO6P/c18-15(11-13-7-3-1-4-8-13)17-12-16(19)23-24(20,21)22-14-9-5-2-6-10-14/h1-10H,11-12H2,(H,17,18)(H,20,21). The van der Waals surface area contributed by atoms with E-state index < -0.39 is 26.2 Å². The number of phosphoric ester groups is 1. The van der Waals surface area contributed by atoms with Crippen molar-refractivity contribution in [2.24, 2.45) is 0 Å². The van der Waals surface area contributed by atoms with E-state index in [0.29, 0.717) is 0 Å². The van der Waals surface area contributed by atoms with Gasteiger partial charge in [0.05, 0.1) is 6.42 Å². The summed E-state index contributed by atoms with van der Waals surface area (Å²) in [5.41, 5.74) is 0.781. The average Bonchev–Trinajstić information content (AvgIpc) is 2.54. The van der Waals surface area contributed by atoms with Crippen LogP contribution in [0, 0.1) is 0 Å². The predicted octanol–water partition coefficient (Wildman–Crippen LogP) is 2.07. The molecule has 24 heavy (non-hydrogen) atoms. The van der Waals surface area contributed by atoms with Gasteiger partial charge in [-0.15, -0.1) is 0 Å². The predicted molar refractivity (Wildman–Crippen MR) is 86.1 cm³/mol. The monoisotopic (exact) mass is 349 g/mol. The van der Waals surface area contributed by atoms with Crippen LogP contribution in [-0.4, -0.2) is 23.3 Å². The van der Waals surface area contributed by atoms with Gasteiger partial charge in [-0.1, -0.05) is 48.5 Å². The number of para-hydroxylation sites is 1. The molecule has 0 spiro atoms. The second-order valence-electron chi connectivity index (χ2n) is 4.78. The summed E-state index contributed by atoms with van der Waals surface area (Å²) < 4.78 is 20.8. The highest BCUT2D eigenvalue weighted by atomic mass is 31.2. The van der Waals surface area contributed by atoms with Gasteiger partial charge in [-0.2, -0.15) is 0 Å². The lowest BCUT2D eigenvalue weighted by Crippen LogP contribution is -2.31. The molecule has 0 saturated carbocycles. The number of rotatable bonds is 7. The molecule has 0 aliphatic heterocycles. The fourth-order valence-corrected chi connectivity index (χ4v) is 2.56. The minimum Gasteiger partial charge on any atom is -0.395 e. The van der Waals surface area contributed by atoms with Crippen LogP contribution in [0.2, 0.25) is 0 Å². The summed E-state index contributed by atoms with van der Waals surface area (Å²) in [6, 6.07) is 16.7. The van der Waals surface area contributed by atoms with E-state index in [0.717, 1.165) is 5.56 Å². The SMILES string of the molecule is O=C(Cc1ccccc1)NCC(=O)OP(=O)(O)Oc1ccccc1. The smallest absolute Gasteiger partial charge is 0.395 e. The molecule has 0 fully saturated rings. The van der Waals surface area contributed by atoms with Crippen molar-refractivity contribution in [1.29, 1.82) is 0 Å². The first-order valence-electron chi connectivity index (χ1n) is 7.05. The first-order chi connectivity index (χ1) is 11.4. The van der Waals surface area contributed by atoms with Crippen LogP contribution in [0.1, 0.15) is 5.56 Å². The Morgan fingerprint density at radius 3 is 2.21 bits per heavy atom. The lowest BCUT2D eigenvalue weighted by molar-refractivity contribution is -0.136. The molecule has 7 nitrogen and oxygen atoms in total. The maximum Gasteiger partial charge on any atom is 0.587 e. The van der Waals surface area contributed by atoms with Crippen molar-refractivity contribution in [3.05, 3.63) is 66.2 Å². The van der Waals surface area contributed by atoms with Crippen LogP contribution >= 0.6 is 7.82 Å².